The average molecular weight is 758 g/mol. The van der Waals surface area contributed by atoms with Gasteiger partial charge in [-0.05, 0) is 80.9 Å². The Morgan fingerprint density at radius 2 is 0.966 bits per heavy atom. The number of hydrogen-bond donors (Lipinski definition) is 0. The smallest absolute Gasteiger partial charge is 0.167 e. The Kier molecular flexibility index (Phi) is 7.20. The fraction of sp³-hybridized carbons (Fsp3) is 0.0556. The summed E-state index contributed by atoms with van der Waals surface area (Å²) in [6, 6.07) is 61.4. The molecule has 0 aliphatic heterocycles. The molecule has 0 spiro atoms. The molecule has 5 nitrogen and oxygen atoms in total. The molecule has 1 aliphatic rings. The minimum Gasteiger partial charge on any atom is -0.456 e. The zero-order valence-corrected chi connectivity index (χ0v) is 32.4. The van der Waals surface area contributed by atoms with Gasteiger partial charge < -0.3 is 8.83 Å². The third-order valence-corrected chi connectivity index (χ3v) is 12.1. The first-order chi connectivity index (χ1) is 29.0. The maximum Gasteiger partial charge on any atom is 0.167 e. The van der Waals surface area contributed by atoms with Crippen molar-refractivity contribution >= 4 is 43.9 Å². The topological polar surface area (TPSA) is 65.0 Å². The second-order valence-corrected chi connectivity index (χ2v) is 15.9. The van der Waals surface area contributed by atoms with E-state index in [1.165, 1.54) is 33.4 Å². The van der Waals surface area contributed by atoms with E-state index in [4.69, 9.17) is 23.8 Å². The van der Waals surface area contributed by atoms with Gasteiger partial charge in [-0.3, -0.25) is 0 Å². The molecule has 3 heterocycles. The molecule has 12 rings (SSSR count). The minimum atomic E-state index is -0.114. The van der Waals surface area contributed by atoms with Crippen molar-refractivity contribution in [3.63, 3.8) is 0 Å². The van der Waals surface area contributed by atoms with Crippen LogP contribution in [0.3, 0.4) is 0 Å². The zero-order chi connectivity index (χ0) is 39.2. The molecular weight excluding hydrogens is 723 g/mol. The summed E-state index contributed by atoms with van der Waals surface area (Å²) in [7, 11) is 0. The fourth-order valence-electron chi connectivity index (χ4n) is 9.40. The first-order valence-corrected chi connectivity index (χ1v) is 20.0. The molecule has 1 aliphatic carbocycles. The van der Waals surface area contributed by atoms with Gasteiger partial charge in [-0.2, -0.15) is 0 Å². The van der Waals surface area contributed by atoms with Crippen LogP contribution in [0.4, 0.5) is 0 Å². The van der Waals surface area contributed by atoms with Gasteiger partial charge in [-0.15, -0.1) is 0 Å². The summed E-state index contributed by atoms with van der Waals surface area (Å²) in [4.78, 5) is 15.4. The fourth-order valence-corrected chi connectivity index (χ4v) is 9.40. The number of para-hydroxylation sites is 2. The zero-order valence-electron chi connectivity index (χ0n) is 32.4. The van der Waals surface area contributed by atoms with E-state index in [9.17, 15) is 0 Å². The molecule has 0 saturated heterocycles. The molecule has 0 unspecified atom stereocenters. The second-order valence-electron chi connectivity index (χ2n) is 15.9. The third kappa shape index (κ3) is 5.14. The number of fused-ring (bicyclic) bond motifs is 9. The largest absolute Gasteiger partial charge is 0.456 e. The summed E-state index contributed by atoms with van der Waals surface area (Å²) in [6.07, 6.45) is 0. The minimum absolute atomic E-state index is 0.114. The quantitative estimate of drug-likeness (QED) is 0.175. The van der Waals surface area contributed by atoms with Gasteiger partial charge in [0.1, 0.15) is 22.3 Å². The van der Waals surface area contributed by atoms with E-state index in [-0.39, 0.29) is 5.41 Å². The first-order valence-electron chi connectivity index (χ1n) is 20.0. The Labute approximate surface area is 340 Å². The van der Waals surface area contributed by atoms with Gasteiger partial charge in [-0.25, -0.2) is 15.0 Å². The van der Waals surface area contributed by atoms with Crippen LogP contribution in [0.1, 0.15) is 25.0 Å². The van der Waals surface area contributed by atoms with E-state index in [0.717, 1.165) is 71.7 Å². The summed E-state index contributed by atoms with van der Waals surface area (Å²) in [5.74, 6) is 1.68. The highest BCUT2D eigenvalue weighted by atomic mass is 16.3. The Morgan fingerprint density at radius 1 is 0.373 bits per heavy atom. The van der Waals surface area contributed by atoms with Crippen molar-refractivity contribution in [3.8, 4) is 67.5 Å². The van der Waals surface area contributed by atoms with Crippen LogP contribution in [0.2, 0.25) is 0 Å². The summed E-state index contributed by atoms with van der Waals surface area (Å²) >= 11 is 0. The summed E-state index contributed by atoms with van der Waals surface area (Å²) in [5.41, 5.74) is 15.7. The number of hydrogen-bond acceptors (Lipinski definition) is 5. The van der Waals surface area contributed by atoms with Gasteiger partial charge in [-0.1, -0.05) is 153 Å². The van der Waals surface area contributed by atoms with Crippen molar-refractivity contribution in [2.45, 2.75) is 19.3 Å². The highest BCUT2D eigenvalue weighted by molar-refractivity contribution is 6.13. The van der Waals surface area contributed by atoms with Crippen molar-refractivity contribution in [1.29, 1.82) is 0 Å². The maximum atomic E-state index is 6.54. The van der Waals surface area contributed by atoms with Gasteiger partial charge in [0.15, 0.2) is 17.5 Å². The van der Waals surface area contributed by atoms with E-state index in [2.05, 4.69) is 117 Å². The predicted molar refractivity (Wildman–Crippen MR) is 239 cm³/mol. The Bertz CT molecular complexity index is 3480. The van der Waals surface area contributed by atoms with Crippen LogP contribution in [0.15, 0.2) is 185 Å². The van der Waals surface area contributed by atoms with Crippen molar-refractivity contribution in [1.82, 2.24) is 15.0 Å². The first kappa shape index (κ1) is 33.5. The van der Waals surface area contributed by atoms with Gasteiger partial charge in [0.25, 0.3) is 0 Å². The van der Waals surface area contributed by atoms with Crippen LogP contribution in [-0.2, 0) is 5.41 Å². The molecule has 8 aromatic carbocycles. The van der Waals surface area contributed by atoms with E-state index in [0.29, 0.717) is 17.5 Å². The normalized spacial score (nSPS) is 13.1. The maximum absolute atomic E-state index is 6.54. The van der Waals surface area contributed by atoms with Gasteiger partial charge in [0.05, 0.1) is 5.56 Å². The number of nitrogens with zero attached hydrogens (tertiary/aromatic N) is 3. The molecule has 0 amide bonds. The molecule has 3 aromatic heterocycles. The molecule has 0 radical (unpaired) electrons. The van der Waals surface area contributed by atoms with E-state index >= 15 is 0 Å². The third-order valence-electron chi connectivity index (χ3n) is 12.1. The van der Waals surface area contributed by atoms with Crippen LogP contribution < -0.4 is 0 Å². The van der Waals surface area contributed by atoms with Gasteiger partial charge in [0, 0.05) is 38.1 Å². The highest BCUT2D eigenvalue weighted by Gasteiger charge is 2.37. The second kappa shape index (κ2) is 12.7. The molecular formula is C54H35N3O2. The number of aromatic nitrogens is 3. The molecule has 0 bridgehead atoms. The lowest BCUT2D eigenvalue weighted by Gasteiger charge is -2.24. The monoisotopic (exact) mass is 757 g/mol. The average Bonchev–Trinajstić information content (AvgIpc) is 3.94. The van der Waals surface area contributed by atoms with E-state index in [1.807, 2.05) is 72.8 Å². The predicted octanol–water partition coefficient (Wildman–Crippen LogP) is 14.3. The van der Waals surface area contributed by atoms with Crippen molar-refractivity contribution in [2.24, 2.45) is 0 Å². The van der Waals surface area contributed by atoms with Crippen LogP contribution in [0.5, 0.6) is 0 Å². The highest BCUT2D eigenvalue weighted by Crippen LogP contribution is 2.52. The van der Waals surface area contributed by atoms with Crippen LogP contribution >= 0.6 is 0 Å². The number of benzene rings is 8. The number of furan rings is 2. The lowest BCUT2D eigenvalue weighted by Crippen LogP contribution is -2.16. The molecule has 5 heteroatoms. The molecule has 11 aromatic rings. The Balaban J connectivity index is 1.02. The lowest BCUT2D eigenvalue weighted by atomic mass is 9.78. The van der Waals surface area contributed by atoms with E-state index in [1.54, 1.807) is 0 Å². The van der Waals surface area contributed by atoms with Gasteiger partial charge in [0.2, 0.25) is 0 Å². The van der Waals surface area contributed by atoms with Crippen LogP contribution in [-0.4, -0.2) is 15.0 Å². The Hall–Kier alpha value is -7.63. The SMILES string of the molecule is CC1(C)c2ccccc2-c2cccc(-c3cccc(-c4ccc5oc6cccc(-c7nc(-c8ccccc8)nc(-c8cccc9c8oc8ccccc89)n7)c6c5c4)c3)c21. The van der Waals surface area contributed by atoms with E-state index < -0.39 is 0 Å². The van der Waals surface area contributed by atoms with Crippen LogP contribution in [0, 0.1) is 0 Å². The Morgan fingerprint density at radius 3 is 1.88 bits per heavy atom. The standard InChI is InChI=1S/C54H35N3O2/c1-54(2)44-25-8-6-18-37(44)39-21-11-20-36(49(39)54)35-17-10-16-33(30-35)34-28-29-46-43(31-34)48-41(23-13-27-47(48)58-46)52-55-51(32-14-4-3-5-15-32)56-53(57-52)42-24-12-22-40-38-19-7-9-26-45(38)59-50(40)42/h3-31H,1-2H3. The molecule has 0 fully saturated rings. The molecule has 0 N–H and O–H groups in total. The summed E-state index contributed by atoms with van der Waals surface area (Å²) in [5, 5.41) is 4.03. The summed E-state index contributed by atoms with van der Waals surface area (Å²) in [6.45, 7) is 4.69. The van der Waals surface area contributed by atoms with Crippen molar-refractivity contribution in [2.75, 3.05) is 0 Å². The molecule has 0 saturated carbocycles. The molecule has 0 atom stereocenters. The molecule has 59 heavy (non-hydrogen) atoms. The van der Waals surface area contributed by atoms with Crippen molar-refractivity contribution in [3.05, 3.63) is 187 Å². The lowest BCUT2D eigenvalue weighted by molar-refractivity contribution is 0.662. The van der Waals surface area contributed by atoms with Gasteiger partial charge >= 0.3 is 0 Å². The van der Waals surface area contributed by atoms with Crippen molar-refractivity contribution < 1.29 is 8.83 Å². The molecule has 278 valence electrons. The summed E-state index contributed by atoms with van der Waals surface area (Å²) < 4.78 is 13.0. The number of rotatable bonds is 5. The van der Waals surface area contributed by atoms with Crippen LogP contribution in [0.25, 0.3) is 111 Å².